The van der Waals surface area contributed by atoms with Crippen LogP contribution in [-0.4, -0.2) is 32.7 Å². The van der Waals surface area contributed by atoms with Crippen LogP contribution in [0.1, 0.15) is 19.3 Å². The quantitative estimate of drug-likeness (QED) is 0.488. The average Bonchev–Trinajstić information content (AvgIpc) is 2.25. The van der Waals surface area contributed by atoms with E-state index >= 15 is 0 Å². The van der Waals surface area contributed by atoms with E-state index in [-0.39, 0.29) is 0 Å². The predicted molar refractivity (Wildman–Crippen MR) is 45.5 cm³/mol. The first-order chi connectivity index (χ1) is 5.17. The summed E-state index contributed by atoms with van der Waals surface area (Å²) >= 11 is 1.49. The molecule has 0 saturated carbocycles. The van der Waals surface area contributed by atoms with Gasteiger partial charge >= 0.3 is 0 Å². The van der Waals surface area contributed by atoms with Crippen molar-refractivity contribution in [1.82, 2.24) is 4.31 Å². The summed E-state index contributed by atoms with van der Waals surface area (Å²) in [5.74, 6) is -0.774. The van der Waals surface area contributed by atoms with Crippen LogP contribution < -0.4 is 0 Å². The highest BCUT2D eigenvalue weighted by Gasteiger charge is 2.37. The zero-order valence-electron chi connectivity index (χ0n) is 6.49. The van der Waals surface area contributed by atoms with Crippen LogP contribution in [0.3, 0.4) is 0 Å². The number of hydrogen-bond donors (Lipinski definition) is 2. The molecule has 0 atom stereocenters. The van der Waals surface area contributed by atoms with Crippen LogP contribution >= 0.6 is 11.9 Å². The Morgan fingerprint density at radius 3 is 2.73 bits per heavy atom. The van der Waals surface area contributed by atoms with E-state index in [2.05, 4.69) is 6.92 Å². The molecule has 1 aliphatic heterocycles. The largest absolute Gasteiger partial charge is 0.353 e. The number of aliphatic hydroxyl groups is 2. The summed E-state index contributed by atoms with van der Waals surface area (Å²) in [6.45, 7) is 4.40. The summed E-state index contributed by atoms with van der Waals surface area (Å²) < 4.78 is 1.62. The van der Waals surface area contributed by atoms with E-state index in [1.807, 2.05) is 0 Å². The van der Waals surface area contributed by atoms with Crippen LogP contribution in [0.25, 0.3) is 0 Å². The molecule has 0 bridgehead atoms. The Morgan fingerprint density at radius 2 is 2.27 bits per heavy atom. The Kier molecular flexibility index (Phi) is 3.18. The first-order valence-electron chi connectivity index (χ1n) is 3.81. The van der Waals surface area contributed by atoms with Gasteiger partial charge in [0.1, 0.15) is 0 Å². The number of hydrogen-bond acceptors (Lipinski definition) is 4. The highest BCUT2D eigenvalue weighted by molar-refractivity contribution is 7.97. The fraction of sp³-hybridized carbons (Fsp3) is 0.857. The van der Waals surface area contributed by atoms with Gasteiger partial charge in [0.05, 0.1) is 0 Å². The van der Waals surface area contributed by atoms with Crippen molar-refractivity contribution < 1.29 is 10.2 Å². The van der Waals surface area contributed by atoms with Crippen molar-refractivity contribution >= 4 is 11.9 Å². The molecule has 65 valence electrons. The molecule has 0 spiro atoms. The molecule has 1 aliphatic rings. The second kappa shape index (κ2) is 3.76. The van der Waals surface area contributed by atoms with Gasteiger partial charge in [0.15, 0.2) is 0 Å². The molecule has 0 aromatic rings. The smallest absolute Gasteiger partial charge is 0.235 e. The summed E-state index contributed by atoms with van der Waals surface area (Å²) in [7, 11) is 0. The molecule has 1 heterocycles. The normalized spacial score (nSPS) is 24.3. The predicted octanol–water partition coefficient (Wildman–Crippen LogP) is 0.593. The summed E-state index contributed by atoms with van der Waals surface area (Å²) in [5.41, 5.74) is 0. The summed E-state index contributed by atoms with van der Waals surface area (Å²) in [5, 5.41) is 18.6. The van der Waals surface area contributed by atoms with Gasteiger partial charge in [0, 0.05) is 18.7 Å². The minimum Gasteiger partial charge on any atom is -0.353 e. The zero-order valence-corrected chi connectivity index (χ0v) is 7.31. The number of nitrogens with zero attached hydrogens (tertiary/aromatic N) is 1. The van der Waals surface area contributed by atoms with Crippen molar-refractivity contribution in [2.75, 3.05) is 12.3 Å². The summed E-state index contributed by atoms with van der Waals surface area (Å²) in [6, 6.07) is 0. The van der Waals surface area contributed by atoms with Gasteiger partial charge in [-0.1, -0.05) is 25.3 Å². The standard InChI is InChI=1S/C7H14NO2S/c1-2-3-5-8-7(9,10)4-6-11-8/h9-10H,1-6H2. The first-order valence-corrected chi connectivity index (χ1v) is 4.75. The molecule has 11 heavy (non-hydrogen) atoms. The second-order valence-corrected chi connectivity index (χ2v) is 3.77. The van der Waals surface area contributed by atoms with Gasteiger partial charge in [-0.25, -0.2) is 0 Å². The number of rotatable bonds is 3. The molecule has 2 N–H and O–H groups in total. The van der Waals surface area contributed by atoms with E-state index in [9.17, 15) is 10.2 Å². The topological polar surface area (TPSA) is 43.7 Å². The van der Waals surface area contributed by atoms with Gasteiger partial charge in [-0.15, -0.1) is 0 Å². The maximum absolute atomic E-state index is 9.32. The van der Waals surface area contributed by atoms with Crippen molar-refractivity contribution in [3.05, 3.63) is 6.92 Å². The van der Waals surface area contributed by atoms with Crippen molar-refractivity contribution in [3.8, 4) is 0 Å². The third-order valence-electron chi connectivity index (χ3n) is 1.70. The van der Waals surface area contributed by atoms with Gasteiger partial charge in [-0.3, -0.25) is 0 Å². The molecule has 4 heteroatoms. The van der Waals surface area contributed by atoms with Crippen LogP contribution in [0.5, 0.6) is 0 Å². The van der Waals surface area contributed by atoms with Gasteiger partial charge < -0.3 is 10.2 Å². The van der Waals surface area contributed by atoms with E-state index in [1.54, 1.807) is 4.31 Å². The lowest BCUT2D eigenvalue weighted by Gasteiger charge is -2.25. The lowest BCUT2D eigenvalue weighted by Crippen LogP contribution is -2.40. The van der Waals surface area contributed by atoms with Gasteiger partial charge in [-0.05, 0) is 6.42 Å². The first kappa shape index (κ1) is 9.32. The van der Waals surface area contributed by atoms with Crippen LogP contribution in [0.15, 0.2) is 0 Å². The van der Waals surface area contributed by atoms with Crippen molar-refractivity contribution in [2.45, 2.75) is 25.2 Å². The molecular formula is C7H14NO2S. The Balaban J connectivity index is 2.32. The van der Waals surface area contributed by atoms with Gasteiger partial charge in [0.2, 0.25) is 5.91 Å². The van der Waals surface area contributed by atoms with Crippen LogP contribution in [0.4, 0.5) is 0 Å². The van der Waals surface area contributed by atoms with Crippen molar-refractivity contribution in [2.24, 2.45) is 0 Å². The van der Waals surface area contributed by atoms with Crippen LogP contribution in [-0.2, 0) is 0 Å². The Hall–Kier alpha value is 0.230. The Morgan fingerprint density at radius 1 is 1.55 bits per heavy atom. The maximum Gasteiger partial charge on any atom is 0.235 e. The van der Waals surface area contributed by atoms with Gasteiger partial charge in [0.25, 0.3) is 0 Å². The Bertz CT molecular complexity index is 130. The van der Waals surface area contributed by atoms with E-state index in [0.29, 0.717) is 13.0 Å². The van der Waals surface area contributed by atoms with E-state index in [4.69, 9.17) is 0 Å². The SMILES string of the molecule is [CH2]CCCN1SCCC1(O)O. The molecule has 1 rings (SSSR count). The molecule has 0 aliphatic carbocycles. The third kappa shape index (κ3) is 2.33. The minimum atomic E-state index is -1.57. The average molecular weight is 176 g/mol. The molecular weight excluding hydrogens is 162 g/mol. The van der Waals surface area contributed by atoms with Crippen molar-refractivity contribution in [1.29, 1.82) is 0 Å². The highest BCUT2D eigenvalue weighted by Crippen LogP contribution is 2.32. The van der Waals surface area contributed by atoms with E-state index in [1.165, 1.54) is 11.9 Å². The van der Waals surface area contributed by atoms with Crippen molar-refractivity contribution in [3.63, 3.8) is 0 Å². The Labute approximate surface area is 71.5 Å². The fourth-order valence-electron chi connectivity index (χ4n) is 1.02. The number of unbranched alkanes of at least 4 members (excludes halogenated alkanes) is 1. The molecule has 0 unspecified atom stereocenters. The van der Waals surface area contributed by atoms with E-state index in [0.717, 1.165) is 18.6 Å². The minimum absolute atomic E-state index is 0.439. The van der Waals surface area contributed by atoms with Crippen LogP contribution in [0, 0.1) is 6.92 Å². The summed E-state index contributed by atoms with van der Waals surface area (Å²) in [4.78, 5) is 0. The molecule has 1 fully saturated rings. The maximum atomic E-state index is 9.32. The monoisotopic (exact) mass is 176 g/mol. The second-order valence-electron chi connectivity index (χ2n) is 2.67. The molecule has 0 aromatic carbocycles. The molecule has 0 aromatic heterocycles. The third-order valence-corrected chi connectivity index (χ3v) is 2.87. The van der Waals surface area contributed by atoms with Crippen LogP contribution in [0.2, 0.25) is 0 Å². The molecule has 1 saturated heterocycles. The molecule has 3 nitrogen and oxygen atoms in total. The van der Waals surface area contributed by atoms with Gasteiger partial charge in [-0.2, -0.15) is 4.31 Å². The van der Waals surface area contributed by atoms with E-state index < -0.39 is 5.91 Å². The zero-order chi connectivity index (χ0) is 8.32. The highest BCUT2D eigenvalue weighted by atomic mass is 32.2. The molecule has 0 amide bonds. The summed E-state index contributed by atoms with van der Waals surface area (Å²) in [6.07, 6.45) is 2.19. The lowest BCUT2D eigenvalue weighted by atomic mass is 10.3. The molecule has 1 radical (unpaired) electrons. The fourth-order valence-corrected chi connectivity index (χ4v) is 2.16. The lowest BCUT2D eigenvalue weighted by molar-refractivity contribution is -0.223.